The fourth-order valence-electron chi connectivity index (χ4n) is 3.33. The van der Waals surface area contributed by atoms with Crippen molar-refractivity contribution in [3.8, 4) is 0 Å². The predicted octanol–water partition coefficient (Wildman–Crippen LogP) is 4.89. The number of carbonyl (C=O) groups excluding carboxylic acids is 1. The van der Waals surface area contributed by atoms with E-state index in [1.807, 2.05) is 0 Å². The minimum absolute atomic E-state index is 0.147. The maximum Gasteiger partial charge on any atom is 0.224 e. The van der Waals surface area contributed by atoms with E-state index < -0.39 is 0 Å². The first-order valence-corrected chi connectivity index (χ1v) is 8.08. The van der Waals surface area contributed by atoms with Crippen molar-refractivity contribution < 1.29 is 4.79 Å². The van der Waals surface area contributed by atoms with Crippen LogP contribution in [0.3, 0.4) is 0 Å². The van der Waals surface area contributed by atoms with Crippen LogP contribution >= 0.6 is 0 Å². The van der Waals surface area contributed by atoms with Crippen LogP contribution in [0.1, 0.15) is 69.9 Å². The van der Waals surface area contributed by atoms with E-state index in [1.54, 1.807) is 0 Å². The molecule has 1 N–H and O–H groups in total. The molecule has 110 valence electrons. The smallest absolute Gasteiger partial charge is 0.224 e. The zero-order chi connectivity index (χ0) is 14.5. The molecule has 0 fully saturated rings. The summed E-state index contributed by atoms with van der Waals surface area (Å²) in [4.78, 5) is 11.4. The molecular formula is C18H27NO. The van der Waals surface area contributed by atoms with Crippen molar-refractivity contribution >= 4 is 11.6 Å². The minimum Gasteiger partial charge on any atom is -0.326 e. The lowest BCUT2D eigenvalue weighted by Gasteiger charge is -2.25. The zero-order valence-corrected chi connectivity index (χ0v) is 13.0. The summed E-state index contributed by atoms with van der Waals surface area (Å²) in [5, 5.41) is 2.97. The monoisotopic (exact) mass is 273 g/mol. The summed E-state index contributed by atoms with van der Waals surface area (Å²) >= 11 is 0. The van der Waals surface area contributed by atoms with E-state index in [1.165, 1.54) is 36.8 Å². The third-order valence-corrected chi connectivity index (χ3v) is 4.59. The average Bonchev–Trinajstić information content (AvgIpc) is 2.46. The molecule has 2 heteroatoms. The number of benzene rings is 1. The Bertz CT molecular complexity index is 466. The summed E-state index contributed by atoms with van der Waals surface area (Å²) in [5.41, 5.74) is 3.77. The van der Waals surface area contributed by atoms with Crippen molar-refractivity contribution in [2.24, 2.45) is 5.92 Å². The molecule has 1 aromatic rings. The molecule has 1 aliphatic rings. The molecule has 0 aliphatic carbocycles. The number of hydrogen-bond donors (Lipinski definition) is 1. The fourth-order valence-corrected chi connectivity index (χ4v) is 3.33. The highest BCUT2D eigenvalue weighted by molar-refractivity contribution is 5.93. The molecule has 1 amide bonds. The van der Waals surface area contributed by atoms with Gasteiger partial charge in [0.25, 0.3) is 0 Å². The molecule has 1 aromatic carbocycles. The Morgan fingerprint density at radius 2 is 2.05 bits per heavy atom. The van der Waals surface area contributed by atoms with Crippen molar-refractivity contribution in [2.75, 3.05) is 5.32 Å². The fraction of sp³-hybridized carbons (Fsp3) is 0.611. The number of carbonyl (C=O) groups is 1. The molecule has 0 spiro atoms. The summed E-state index contributed by atoms with van der Waals surface area (Å²) in [6.07, 6.45) is 6.60. The van der Waals surface area contributed by atoms with Crippen LogP contribution in [0.2, 0.25) is 0 Å². The lowest BCUT2D eigenvalue weighted by atomic mass is 9.81. The third-order valence-electron chi connectivity index (χ3n) is 4.59. The van der Waals surface area contributed by atoms with Gasteiger partial charge in [-0.1, -0.05) is 52.2 Å². The normalized spacial score (nSPS) is 17.2. The first-order valence-electron chi connectivity index (χ1n) is 8.08. The van der Waals surface area contributed by atoms with Gasteiger partial charge in [0, 0.05) is 12.1 Å². The molecule has 0 saturated heterocycles. The summed E-state index contributed by atoms with van der Waals surface area (Å²) in [5.74, 6) is 1.52. The summed E-state index contributed by atoms with van der Waals surface area (Å²) in [6.45, 7) is 6.93. The van der Waals surface area contributed by atoms with E-state index in [0.717, 1.165) is 18.0 Å². The molecule has 2 nitrogen and oxygen atoms in total. The van der Waals surface area contributed by atoms with Gasteiger partial charge < -0.3 is 5.32 Å². The summed E-state index contributed by atoms with van der Waals surface area (Å²) < 4.78 is 0. The second-order valence-electron chi connectivity index (χ2n) is 6.10. The molecule has 20 heavy (non-hydrogen) atoms. The number of anilines is 1. The number of fused-ring (bicyclic) bond motifs is 1. The second kappa shape index (κ2) is 6.92. The van der Waals surface area contributed by atoms with Crippen molar-refractivity contribution in [2.45, 2.75) is 65.2 Å². The number of hydrogen-bond acceptors (Lipinski definition) is 1. The van der Waals surface area contributed by atoms with Crippen LogP contribution in [-0.2, 0) is 11.2 Å². The van der Waals surface area contributed by atoms with Crippen molar-refractivity contribution in [1.29, 1.82) is 0 Å². The lowest BCUT2D eigenvalue weighted by molar-refractivity contribution is -0.116. The molecule has 0 bridgehead atoms. The van der Waals surface area contributed by atoms with Gasteiger partial charge in [-0.25, -0.2) is 0 Å². The minimum atomic E-state index is 0.147. The molecule has 0 saturated carbocycles. The van der Waals surface area contributed by atoms with Crippen molar-refractivity contribution in [1.82, 2.24) is 0 Å². The first kappa shape index (κ1) is 15.1. The Morgan fingerprint density at radius 1 is 1.25 bits per heavy atom. The molecule has 2 unspecified atom stereocenters. The second-order valence-corrected chi connectivity index (χ2v) is 6.10. The number of rotatable bonds is 6. The summed E-state index contributed by atoms with van der Waals surface area (Å²) in [6, 6.07) is 6.63. The number of aryl methyl sites for hydroxylation is 1. The van der Waals surface area contributed by atoms with Crippen molar-refractivity contribution in [3.05, 3.63) is 29.3 Å². The van der Waals surface area contributed by atoms with E-state index in [9.17, 15) is 4.79 Å². The largest absolute Gasteiger partial charge is 0.326 e. The van der Waals surface area contributed by atoms with Gasteiger partial charge in [0.05, 0.1) is 0 Å². The molecule has 1 heterocycles. The number of amides is 1. The topological polar surface area (TPSA) is 29.1 Å². The zero-order valence-electron chi connectivity index (χ0n) is 13.0. The van der Waals surface area contributed by atoms with Gasteiger partial charge >= 0.3 is 0 Å². The first-order chi connectivity index (χ1) is 9.65. The van der Waals surface area contributed by atoms with Crippen LogP contribution in [0.4, 0.5) is 5.69 Å². The molecule has 0 radical (unpaired) electrons. The molecule has 0 aromatic heterocycles. The SMILES string of the molecule is CCCCC(C)C(CC)c1ccc2c(c1)CCC(=O)N2. The molecule has 2 atom stereocenters. The van der Waals surface area contributed by atoms with Gasteiger partial charge in [0.2, 0.25) is 5.91 Å². The van der Waals surface area contributed by atoms with E-state index in [2.05, 4.69) is 44.3 Å². The standard InChI is InChI=1S/C18H27NO/c1-4-6-7-13(3)16(5-2)14-8-10-17-15(12-14)9-11-18(20)19-17/h8,10,12-13,16H,4-7,9,11H2,1-3H3,(H,19,20). The number of unbranched alkanes of at least 4 members (excludes halogenated alkanes) is 1. The van der Waals surface area contributed by atoms with E-state index >= 15 is 0 Å². The van der Waals surface area contributed by atoms with Crippen LogP contribution in [0.25, 0.3) is 0 Å². The predicted molar refractivity (Wildman–Crippen MR) is 85.1 cm³/mol. The Labute approximate surface area is 123 Å². The van der Waals surface area contributed by atoms with Crippen LogP contribution in [0, 0.1) is 5.92 Å². The van der Waals surface area contributed by atoms with E-state index in [0.29, 0.717) is 12.3 Å². The van der Waals surface area contributed by atoms with Gasteiger partial charge in [0.1, 0.15) is 0 Å². The average molecular weight is 273 g/mol. The van der Waals surface area contributed by atoms with Crippen LogP contribution in [-0.4, -0.2) is 5.91 Å². The maximum absolute atomic E-state index is 11.4. The van der Waals surface area contributed by atoms with Crippen LogP contribution in [0.15, 0.2) is 18.2 Å². The third kappa shape index (κ3) is 3.41. The highest BCUT2D eigenvalue weighted by Crippen LogP contribution is 2.34. The van der Waals surface area contributed by atoms with E-state index in [-0.39, 0.29) is 5.91 Å². The Hall–Kier alpha value is -1.31. The van der Waals surface area contributed by atoms with Gasteiger partial charge in [-0.3, -0.25) is 4.79 Å². The van der Waals surface area contributed by atoms with Gasteiger partial charge in [0.15, 0.2) is 0 Å². The Kier molecular flexibility index (Phi) is 5.22. The van der Waals surface area contributed by atoms with Crippen LogP contribution < -0.4 is 5.32 Å². The highest BCUT2D eigenvalue weighted by Gasteiger charge is 2.20. The van der Waals surface area contributed by atoms with Gasteiger partial charge in [-0.15, -0.1) is 0 Å². The van der Waals surface area contributed by atoms with Crippen molar-refractivity contribution in [3.63, 3.8) is 0 Å². The molecule has 1 aliphatic heterocycles. The van der Waals surface area contributed by atoms with Crippen LogP contribution in [0.5, 0.6) is 0 Å². The lowest BCUT2D eigenvalue weighted by Crippen LogP contribution is -2.19. The Morgan fingerprint density at radius 3 is 2.75 bits per heavy atom. The number of nitrogens with one attached hydrogen (secondary N) is 1. The van der Waals surface area contributed by atoms with Gasteiger partial charge in [-0.05, 0) is 41.9 Å². The van der Waals surface area contributed by atoms with E-state index in [4.69, 9.17) is 0 Å². The Balaban J connectivity index is 2.16. The summed E-state index contributed by atoms with van der Waals surface area (Å²) in [7, 11) is 0. The van der Waals surface area contributed by atoms with Gasteiger partial charge in [-0.2, -0.15) is 0 Å². The maximum atomic E-state index is 11.4. The molecular weight excluding hydrogens is 246 g/mol. The highest BCUT2D eigenvalue weighted by atomic mass is 16.1. The molecule has 2 rings (SSSR count). The quantitative estimate of drug-likeness (QED) is 0.785.